The van der Waals surface area contributed by atoms with Gasteiger partial charge in [0, 0.05) is 35.4 Å². The second-order valence-electron chi connectivity index (χ2n) is 4.14. The summed E-state index contributed by atoms with van der Waals surface area (Å²) in [6.45, 7) is 5.65. The number of nitrogens with zero attached hydrogens (tertiary/aromatic N) is 1. The molecule has 1 aromatic carbocycles. The lowest BCUT2D eigenvalue weighted by atomic mass is 10.1. The number of carboxylic acids is 1. The fourth-order valence-electron chi connectivity index (χ4n) is 2.12. The quantitative estimate of drug-likeness (QED) is 0.801. The van der Waals surface area contributed by atoms with Crippen LogP contribution < -0.4 is 10.2 Å². The van der Waals surface area contributed by atoms with Gasteiger partial charge in [0.05, 0.1) is 5.56 Å². The normalized spacial score (nSPS) is 16.0. The molecular weight excluding hydrogens is 331 g/mol. The monoisotopic (exact) mass is 346 g/mol. The minimum Gasteiger partial charge on any atom is -0.478 e. The molecule has 0 aromatic heterocycles. The van der Waals surface area contributed by atoms with Gasteiger partial charge in [-0.05, 0) is 47.2 Å². The first kappa shape index (κ1) is 12.6. The van der Waals surface area contributed by atoms with Crippen LogP contribution in [-0.4, -0.2) is 37.3 Å². The van der Waals surface area contributed by atoms with E-state index in [-0.39, 0.29) is 0 Å². The molecule has 17 heavy (non-hydrogen) atoms. The lowest BCUT2D eigenvalue weighted by Gasteiger charge is -2.31. The summed E-state index contributed by atoms with van der Waals surface area (Å²) >= 11 is 2.17. The molecule has 0 saturated carbocycles. The molecule has 0 bridgehead atoms. The van der Waals surface area contributed by atoms with Gasteiger partial charge in [-0.2, -0.15) is 0 Å². The van der Waals surface area contributed by atoms with Gasteiger partial charge >= 0.3 is 5.97 Å². The van der Waals surface area contributed by atoms with Gasteiger partial charge in [0.25, 0.3) is 0 Å². The molecule has 0 radical (unpaired) electrons. The van der Waals surface area contributed by atoms with Gasteiger partial charge in [-0.3, -0.25) is 0 Å². The molecule has 1 aromatic rings. The number of hydrogen-bond donors (Lipinski definition) is 2. The van der Waals surface area contributed by atoms with E-state index in [9.17, 15) is 9.90 Å². The summed E-state index contributed by atoms with van der Waals surface area (Å²) in [6.07, 6.45) is 0. The molecule has 0 atom stereocenters. The molecule has 0 spiro atoms. The van der Waals surface area contributed by atoms with Crippen molar-refractivity contribution in [1.82, 2.24) is 5.32 Å². The third-order valence-corrected chi connectivity index (χ3v) is 3.66. The number of anilines is 1. The summed E-state index contributed by atoms with van der Waals surface area (Å²) in [7, 11) is 0. The number of benzene rings is 1. The average molecular weight is 346 g/mol. The van der Waals surface area contributed by atoms with Crippen molar-refractivity contribution in [2.45, 2.75) is 6.92 Å². The second-order valence-corrected chi connectivity index (χ2v) is 5.39. The molecule has 5 heteroatoms. The Morgan fingerprint density at radius 1 is 1.41 bits per heavy atom. The third-order valence-electron chi connectivity index (χ3n) is 3.03. The van der Waals surface area contributed by atoms with E-state index in [0.29, 0.717) is 5.56 Å². The van der Waals surface area contributed by atoms with E-state index in [1.54, 1.807) is 6.07 Å². The standard InChI is InChI=1S/C12H15IN2O2/c1-8-10(12(16)17)6-9(13)7-11(8)15-4-2-14-3-5-15/h6-7,14H,2-5H2,1H3,(H,16,17). The van der Waals surface area contributed by atoms with Crippen molar-refractivity contribution in [3.8, 4) is 0 Å². The molecule has 0 amide bonds. The Bertz CT molecular complexity index is 442. The Labute approximate surface area is 114 Å². The number of carbonyl (C=O) groups is 1. The Kier molecular flexibility index (Phi) is 3.88. The van der Waals surface area contributed by atoms with E-state index < -0.39 is 5.97 Å². The van der Waals surface area contributed by atoms with Gasteiger partial charge < -0.3 is 15.3 Å². The van der Waals surface area contributed by atoms with Gasteiger partial charge in [0.15, 0.2) is 0 Å². The Morgan fingerprint density at radius 2 is 2.06 bits per heavy atom. The fourth-order valence-corrected chi connectivity index (χ4v) is 2.73. The van der Waals surface area contributed by atoms with Crippen molar-refractivity contribution < 1.29 is 9.90 Å². The number of rotatable bonds is 2. The highest BCUT2D eigenvalue weighted by atomic mass is 127. The van der Waals surface area contributed by atoms with E-state index in [4.69, 9.17) is 0 Å². The van der Waals surface area contributed by atoms with E-state index >= 15 is 0 Å². The second kappa shape index (κ2) is 5.22. The third kappa shape index (κ3) is 2.71. The molecule has 1 fully saturated rings. The predicted octanol–water partition coefficient (Wildman–Crippen LogP) is 1.71. The summed E-state index contributed by atoms with van der Waals surface area (Å²) in [5.41, 5.74) is 2.32. The lowest BCUT2D eigenvalue weighted by molar-refractivity contribution is 0.0696. The van der Waals surface area contributed by atoms with Gasteiger partial charge in [-0.15, -0.1) is 0 Å². The summed E-state index contributed by atoms with van der Waals surface area (Å²) < 4.78 is 0.971. The topological polar surface area (TPSA) is 52.6 Å². The molecule has 1 saturated heterocycles. The lowest BCUT2D eigenvalue weighted by Crippen LogP contribution is -2.44. The smallest absolute Gasteiger partial charge is 0.336 e. The number of carboxylic acid groups (broad SMARTS) is 1. The highest BCUT2D eigenvalue weighted by Gasteiger charge is 2.17. The van der Waals surface area contributed by atoms with Gasteiger partial charge in [-0.1, -0.05) is 0 Å². The molecule has 0 aliphatic carbocycles. The molecule has 1 heterocycles. The molecule has 4 nitrogen and oxygen atoms in total. The molecule has 0 unspecified atom stereocenters. The van der Waals surface area contributed by atoms with Crippen LogP contribution in [0.2, 0.25) is 0 Å². The largest absolute Gasteiger partial charge is 0.478 e. The van der Waals surface area contributed by atoms with E-state index in [0.717, 1.165) is 41.0 Å². The molecule has 1 aliphatic heterocycles. The highest BCUT2D eigenvalue weighted by Crippen LogP contribution is 2.26. The van der Waals surface area contributed by atoms with Crippen LogP contribution in [0.5, 0.6) is 0 Å². The Morgan fingerprint density at radius 3 is 2.65 bits per heavy atom. The maximum absolute atomic E-state index is 11.2. The first-order valence-electron chi connectivity index (χ1n) is 5.58. The van der Waals surface area contributed by atoms with Crippen molar-refractivity contribution in [1.29, 1.82) is 0 Å². The summed E-state index contributed by atoms with van der Waals surface area (Å²) in [6, 6.07) is 3.79. The van der Waals surface area contributed by atoms with Crippen LogP contribution in [0.3, 0.4) is 0 Å². The number of aromatic carboxylic acids is 1. The van der Waals surface area contributed by atoms with Crippen molar-refractivity contribution in [2.75, 3.05) is 31.1 Å². The molecule has 1 aliphatic rings. The zero-order chi connectivity index (χ0) is 12.4. The number of hydrogen-bond acceptors (Lipinski definition) is 3. The van der Waals surface area contributed by atoms with E-state index in [1.165, 1.54) is 0 Å². The highest BCUT2D eigenvalue weighted by molar-refractivity contribution is 14.1. The van der Waals surface area contributed by atoms with Crippen LogP contribution in [0, 0.1) is 10.5 Å². The van der Waals surface area contributed by atoms with Crippen LogP contribution >= 0.6 is 22.6 Å². The van der Waals surface area contributed by atoms with Gasteiger partial charge in [0.1, 0.15) is 0 Å². The zero-order valence-corrected chi connectivity index (χ0v) is 11.8. The van der Waals surface area contributed by atoms with E-state index in [1.807, 2.05) is 6.92 Å². The first-order chi connectivity index (χ1) is 8.09. The minimum absolute atomic E-state index is 0.408. The predicted molar refractivity (Wildman–Crippen MR) is 75.9 cm³/mol. The van der Waals surface area contributed by atoms with Gasteiger partial charge in [-0.25, -0.2) is 4.79 Å². The van der Waals surface area contributed by atoms with Gasteiger partial charge in [0.2, 0.25) is 0 Å². The summed E-state index contributed by atoms with van der Waals surface area (Å²) in [4.78, 5) is 13.4. The van der Waals surface area contributed by atoms with Crippen molar-refractivity contribution >= 4 is 34.2 Å². The summed E-state index contributed by atoms with van der Waals surface area (Å²) in [5.74, 6) is -0.850. The van der Waals surface area contributed by atoms with Crippen molar-refractivity contribution in [3.63, 3.8) is 0 Å². The van der Waals surface area contributed by atoms with Crippen LogP contribution in [0.15, 0.2) is 12.1 Å². The van der Waals surface area contributed by atoms with Crippen LogP contribution in [-0.2, 0) is 0 Å². The molecule has 92 valence electrons. The van der Waals surface area contributed by atoms with Crippen molar-refractivity contribution in [2.24, 2.45) is 0 Å². The fraction of sp³-hybridized carbons (Fsp3) is 0.417. The maximum atomic E-state index is 11.2. The first-order valence-corrected chi connectivity index (χ1v) is 6.66. The zero-order valence-electron chi connectivity index (χ0n) is 9.66. The molecule has 2 rings (SSSR count). The molecule has 2 N–H and O–H groups in total. The Balaban J connectivity index is 2.41. The van der Waals surface area contributed by atoms with Crippen LogP contribution in [0.25, 0.3) is 0 Å². The average Bonchev–Trinajstić information content (AvgIpc) is 2.32. The van der Waals surface area contributed by atoms with Crippen LogP contribution in [0.4, 0.5) is 5.69 Å². The van der Waals surface area contributed by atoms with Crippen LogP contribution in [0.1, 0.15) is 15.9 Å². The SMILES string of the molecule is Cc1c(C(=O)O)cc(I)cc1N1CCNCC1. The Hall–Kier alpha value is -0.820. The number of piperazine rings is 1. The minimum atomic E-state index is -0.850. The maximum Gasteiger partial charge on any atom is 0.336 e. The summed E-state index contributed by atoms with van der Waals surface area (Å²) in [5, 5.41) is 12.5. The number of nitrogens with one attached hydrogen (secondary N) is 1. The molecular formula is C12H15IN2O2. The van der Waals surface area contributed by atoms with Crippen molar-refractivity contribution in [3.05, 3.63) is 26.8 Å². The number of halogens is 1. The van der Waals surface area contributed by atoms with E-state index in [2.05, 4.69) is 38.9 Å².